The highest BCUT2D eigenvalue weighted by molar-refractivity contribution is 4.95. The van der Waals surface area contributed by atoms with Gasteiger partial charge in [0.05, 0.1) is 0 Å². The average Bonchev–Trinajstić information content (AvgIpc) is 2.94. The molecule has 21 heavy (non-hydrogen) atoms. The molecule has 1 fully saturated rings. The molecule has 2 N–H and O–H groups in total. The van der Waals surface area contributed by atoms with Crippen LogP contribution in [0, 0.1) is 5.92 Å². The molecule has 2 atom stereocenters. The van der Waals surface area contributed by atoms with E-state index >= 15 is 0 Å². The zero-order valence-electron chi connectivity index (χ0n) is 13.4. The third-order valence-electron chi connectivity index (χ3n) is 4.21. The van der Waals surface area contributed by atoms with Crippen molar-refractivity contribution in [3.8, 4) is 0 Å². The summed E-state index contributed by atoms with van der Waals surface area (Å²) in [7, 11) is 0. The Kier molecular flexibility index (Phi) is 6.64. The van der Waals surface area contributed by atoms with Crippen LogP contribution >= 0.6 is 0 Å². The van der Waals surface area contributed by atoms with E-state index in [-0.39, 0.29) is 12.1 Å². The Bertz CT molecular complexity index is 400. The van der Waals surface area contributed by atoms with Crippen LogP contribution in [0.1, 0.15) is 76.6 Å². The normalized spacial score (nSPS) is 19.6. The summed E-state index contributed by atoms with van der Waals surface area (Å²) >= 11 is 0. The van der Waals surface area contributed by atoms with Gasteiger partial charge in [0.25, 0.3) is 0 Å². The highest BCUT2D eigenvalue weighted by Gasteiger charge is 2.29. The Morgan fingerprint density at radius 2 is 2.10 bits per heavy atom. The highest BCUT2D eigenvalue weighted by Crippen LogP contribution is 2.35. The van der Waals surface area contributed by atoms with Gasteiger partial charge < -0.3 is 15.0 Å². The smallest absolute Gasteiger partial charge is 0.226 e. The second kappa shape index (κ2) is 8.49. The van der Waals surface area contributed by atoms with Gasteiger partial charge in [-0.25, -0.2) is 0 Å². The van der Waals surface area contributed by atoms with E-state index in [1.54, 1.807) is 0 Å². The molecule has 1 saturated carbocycles. The quantitative estimate of drug-likeness (QED) is 0.795. The van der Waals surface area contributed by atoms with Crippen LogP contribution in [-0.2, 0) is 11.2 Å². The zero-order valence-corrected chi connectivity index (χ0v) is 13.4. The van der Waals surface area contributed by atoms with Gasteiger partial charge in [-0.15, -0.1) is 0 Å². The molecule has 0 aliphatic heterocycles. The van der Waals surface area contributed by atoms with Crippen LogP contribution in [-0.4, -0.2) is 22.8 Å². The molecule has 0 amide bonds. The number of rotatable bonds is 8. The molecule has 2 rings (SSSR count). The summed E-state index contributed by atoms with van der Waals surface area (Å²) in [4.78, 5) is 4.56. The molecule has 0 aromatic carbocycles. The Balaban J connectivity index is 1.94. The van der Waals surface area contributed by atoms with Crippen molar-refractivity contribution in [1.82, 2.24) is 10.1 Å². The lowest BCUT2D eigenvalue weighted by atomic mass is 9.85. The van der Waals surface area contributed by atoms with Crippen molar-refractivity contribution in [2.24, 2.45) is 11.7 Å². The third kappa shape index (κ3) is 5.08. The molecular weight excluding hydrogens is 266 g/mol. The number of aryl methyl sites for hydroxylation is 1. The number of aromatic nitrogens is 2. The minimum Gasteiger partial charge on any atom is -0.370 e. The number of hydrogen-bond acceptors (Lipinski definition) is 5. The molecule has 5 heteroatoms. The number of hydrogen-bond donors (Lipinski definition) is 1. The first-order valence-electron chi connectivity index (χ1n) is 8.40. The van der Waals surface area contributed by atoms with Crippen molar-refractivity contribution in [2.75, 3.05) is 6.61 Å². The summed E-state index contributed by atoms with van der Waals surface area (Å²) < 4.78 is 11.3. The lowest BCUT2D eigenvalue weighted by Crippen LogP contribution is -2.20. The molecule has 1 aliphatic rings. The summed E-state index contributed by atoms with van der Waals surface area (Å²) in [6.45, 7) is 4.74. The fraction of sp³-hybridized carbons (Fsp3) is 0.875. The maximum Gasteiger partial charge on any atom is 0.226 e. The van der Waals surface area contributed by atoms with Crippen LogP contribution in [0.5, 0.6) is 0 Å². The summed E-state index contributed by atoms with van der Waals surface area (Å²) in [6.07, 6.45) is 9.10. The first kappa shape index (κ1) is 16.4. The van der Waals surface area contributed by atoms with E-state index in [1.807, 2.05) is 13.8 Å². The topological polar surface area (TPSA) is 74.2 Å². The lowest BCUT2D eigenvalue weighted by molar-refractivity contribution is -0.00145. The summed E-state index contributed by atoms with van der Waals surface area (Å²) in [5.41, 5.74) is 5.76. The van der Waals surface area contributed by atoms with E-state index < -0.39 is 0 Å². The maximum absolute atomic E-state index is 5.92. The molecule has 5 nitrogen and oxygen atoms in total. The molecule has 1 aliphatic carbocycles. The predicted molar refractivity (Wildman–Crippen MR) is 81.8 cm³/mol. The number of nitrogens with zero attached hydrogens (tertiary/aromatic N) is 2. The molecule has 120 valence electrons. The van der Waals surface area contributed by atoms with Gasteiger partial charge in [0.2, 0.25) is 11.7 Å². The summed E-state index contributed by atoms with van der Waals surface area (Å²) in [6, 6.07) is 0.228. The Morgan fingerprint density at radius 3 is 2.76 bits per heavy atom. The van der Waals surface area contributed by atoms with Gasteiger partial charge in [0, 0.05) is 19.1 Å². The molecule has 0 radical (unpaired) electrons. The zero-order chi connectivity index (χ0) is 15.1. The van der Waals surface area contributed by atoms with Crippen LogP contribution in [0.15, 0.2) is 4.52 Å². The SMILES string of the molecule is CCOC(c1noc(CCCC(C)N)n1)C1CCCCC1. The van der Waals surface area contributed by atoms with E-state index in [1.165, 1.54) is 32.1 Å². The summed E-state index contributed by atoms with van der Waals surface area (Å²) in [5.74, 6) is 1.99. The second-order valence-corrected chi connectivity index (χ2v) is 6.19. The van der Waals surface area contributed by atoms with Crippen molar-refractivity contribution >= 4 is 0 Å². The number of ether oxygens (including phenoxy) is 1. The monoisotopic (exact) mass is 295 g/mol. The fourth-order valence-corrected chi connectivity index (χ4v) is 3.10. The molecule has 0 saturated heterocycles. The van der Waals surface area contributed by atoms with Crippen LogP contribution in [0.3, 0.4) is 0 Å². The van der Waals surface area contributed by atoms with E-state index in [2.05, 4.69) is 10.1 Å². The molecule has 1 aromatic rings. The Labute approximate surface area is 127 Å². The van der Waals surface area contributed by atoms with Gasteiger partial charge in [0.1, 0.15) is 6.10 Å². The van der Waals surface area contributed by atoms with Gasteiger partial charge in [-0.1, -0.05) is 24.4 Å². The molecule has 1 aromatic heterocycles. The fourth-order valence-electron chi connectivity index (χ4n) is 3.10. The first-order valence-corrected chi connectivity index (χ1v) is 8.40. The Morgan fingerprint density at radius 1 is 1.33 bits per heavy atom. The minimum absolute atomic E-state index is 0.00114. The average molecular weight is 295 g/mol. The van der Waals surface area contributed by atoms with Gasteiger partial charge in [-0.05, 0) is 45.4 Å². The molecule has 2 unspecified atom stereocenters. The molecule has 1 heterocycles. The molecule has 0 bridgehead atoms. The van der Waals surface area contributed by atoms with Gasteiger partial charge >= 0.3 is 0 Å². The van der Waals surface area contributed by atoms with Gasteiger partial charge in [-0.3, -0.25) is 0 Å². The first-order chi connectivity index (χ1) is 10.2. The lowest BCUT2D eigenvalue weighted by Gasteiger charge is -2.27. The second-order valence-electron chi connectivity index (χ2n) is 6.19. The van der Waals surface area contributed by atoms with Crippen LogP contribution in [0.25, 0.3) is 0 Å². The molecule has 0 spiro atoms. The van der Waals surface area contributed by atoms with Crippen molar-refractivity contribution in [3.05, 3.63) is 11.7 Å². The van der Waals surface area contributed by atoms with Crippen LogP contribution in [0.2, 0.25) is 0 Å². The van der Waals surface area contributed by atoms with E-state index in [9.17, 15) is 0 Å². The molecular formula is C16H29N3O2. The highest BCUT2D eigenvalue weighted by atomic mass is 16.5. The minimum atomic E-state index is 0.00114. The van der Waals surface area contributed by atoms with Crippen LogP contribution < -0.4 is 5.73 Å². The van der Waals surface area contributed by atoms with Gasteiger partial charge in [-0.2, -0.15) is 4.98 Å². The Hall–Kier alpha value is -0.940. The maximum atomic E-state index is 5.92. The van der Waals surface area contributed by atoms with Crippen molar-refractivity contribution < 1.29 is 9.26 Å². The van der Waals surface area contributed by atoms with E-state index in [0.29, 0.717) is 18.4 Å². The van der Waals surface area contributed by atoms with Crippen molar-refractivity contribution in [2.45, 2.75) is 77.4 Å². The third-order valence-corrected chi connectivity index (χ3v) is 4.21. The van der Waals surface area contributed by atoms with E-state index in [4.69, 9.17) is 15.0 Å². The van der Waals surface area contributed by atoms with Crippen molar-refractivity contribution in [1.29, 1.82) is 0 Å². The standard InChI is InChI=1S/C16H29N3O2/c1-3-20-15(13-9-5-4-6-10-13)16-18-14(21-19-16)11-7-8-12(2)17/h12-13,15H,3-11,17H2,1-2H3. The van der Waals surface area contributed by atoms with E-state index in [0.717, 1.165) is 25.1 Å². The van der Waals surface area contributed by atoms with Gasteiger partial charge in [0.15, 0.2) is 0 Å². The largest absolute Gasteiger partial charge is 0.370 e. The number of nitrogens with two attached hydrogens (primary N) is 1. The van der Waals surface area contributed by atoms with Crippen LogP contribution in [0.4, 0.5) is 0 Å². The predicted octanol–water partition coefficient (Wildman–Crippen LogP) is 3.40. The van der Waals surface area contributed by atoms with Crippen molar-refractivity contribution in [3.63, 3.8) is 0 Å². The summed E-state index contributed by atoms with van der Waals surface area (Å²) in [5, 5.41) is 4.17.